The van der Waals surface area contributed by atoms with Gasteiger partial charge in [-0.25, -0.2) is 4.79 Å². The van der Waals surface area contributed by atoms with Crippen LogP contribution in [0.15, 0.2) is 90.0 Å². The highest BCUT2D eigenvalue weighted by atomic mass is 16.1. The largest absolute Gasteiger partial charge is 0.329 e. The Morgan fingerprint density at radius 1 is 0.829 bits per heavy atom. The van der Waals surface area contributed by atoms with E-state index in [-0.39, 0.29) is 5.69 Å². The molecule has 6 rings (SSSR count). The van der Waals surface area contributed by atoms with Gasteiger partial charge in [0.15, 0.2) is 0 Å². The molecule has 172 valence electrons. The Bertz CT molecular complexity index is 1780. The molecule has 0 bridgehead atoms. The summed E-state index contributed by atoms with van der Waals surface area (Å²) in [4.78, 5) is 22.6. The van der Waals surface area contributed by atoms with Gasteiger partial charge in [0.05, 0.1) is 34.8 Å². The summed E-state index contributed by atoms with van der Waals surface area (Å²) in [7, 11) is 1.84. The molecule has 0 atom stereocenters. The molecule has 0 N–H and O–H groups in total. The summed E-state index contributed by atoms with van der Waals surface area (Å²) in [5.41, 5.74) is 8.02. The van der Waals surface area contributed by atoms with Crippen LogP contribution in [0.3, 0.4) is 0 Å². The minimum absolute atomic E-state index is 0.0417. The lowest BCUT2D eigenvalue weighted by molar-refractivity contribution is 0.735. The second-order valence-corrected chi connectivity index (χ2v) is 9.46. The van der Waals surface area contributed by atoms with Gasteiger partial charge in [0.2, 0.25) is 0 Å². The number of hydrogen-bond acceptors (Lipinski definition) is 3. The first-order valence-corrected chi connectivity index (χ1v) is 11.9. The fraction of sp³-hybridized carbons (Fsp3) is 0.167. The second-order valence-electron chi connectivity index (χ2n) is 9.46. The topological polar surface area (TPSA) is 52.7 Å². The minimum Gasteiger partial charge on any atom is -0.294 e. The van der Waals surface area contributed by atoms with Crippen molar-refractivity contribution in [1.29, 1.82) is 0 Å². The summed E-state index contributed by atoms with van der Waals surface area (Å²) in [6.07, 6.45) is 3.72. The van der Waals surface area contributed by atoms with Crippen LogP contribution in [0.5, 0.6) is 0 Å². The van der Waals surface area contributed by atoms with Crippen molar-refractivity contribution in [2.24, 2.45) is 7.05 Å². The monoisotopic (exact) mass is 458 g/mol. The van der Waals surface area contributed by atoms with Crippen LogP contribution in [0.4, 0.5) is 0 Å². The highest BCUT2D eigenvalue weighted by molar-refractivity contribution is 6.04. The first-order chi connectivity index (χ1) is 17.0. The van der Waals surface area contributed by atoms with Crippen LogP contribution in [0, 0.1) is 0 Å². The number of aryl methyl sites for hydroxylation is 1. The zero-order valence-corrected chi connectivity index (χ0v) is 20.1. The molecule has 3 heterocycles. The number of rotatable bonds is 4. The maximum absolute atomic E-state index is 13.3. The molecule has 0 amide bonds. The Kier molecular flexibility index (Phi) is 4.99. The summed E-state index contributed by atoms with van der Waals surface area (Å²) < 4.78 is 3.56. The van der Waals surface area contributed by atoms with Gasteiger partial charge in [-0.15, -0.1) is 0 Å². The fourth-order valence-corrected chi connectivity index (χ4v) is 4.85. The number of fused-ring (bicyclic) bond motifs is 4. The number of imidazole rings is 1. The quantitative estimate of drug-likeness (QED) is 0.313. The molecule has 0 saturated heterocycles. The van der Waals surface area contributed by atoms with E-state index in [1.807, 2.05) is 48.3 Å². The smallest absolute Gasteiger partial charge is 0.294 e. The first kappa shape index (κ1) is 21.3. The van der Waals surface area contributed by atoms with E-state index >= 15 is 0 Å². The van der Waals surface area contributed by atoms with Crippen molar-refractivity contribution in [2.45, 2.75) is 26.3 Å². The average Bonchev–Trinajstić information content (AvgIpc) is 3.13. The zero-order valence-electron chi connectivity index (χ0n) is 20.1. The normalized spacial score (nSPS) is 11.8. The number of nitrogens with zero attached hydrogens (tertiary/aromatic N) is 4. The third-order valence-corrected chi connectivity index (χ3v) is 6.88. The molecule has 5 heteroatoms. The molecule has 0 aliphatic heterocycles. The van der Waals surface area contributed by atoms with Crippen molar-refractivity contribution in [1.82, 2.24) is 19.1 Å². The first-order valence-electron chi connectivity index (χ1n) is 11.9. The second kappa shape index (κ2) is 8.20. The molecule has 3 aromatic heterocycles. The van der Waals surface area contributed by atoms with Gasteiger partial charge >= 0.3 is 5.69 Å². The standard InChI is InChI=1S/C30H26N4O/c1-19(2)21-10-8-20(9-11-21)18-34-28-17-32-27-13-12-22(15-25(27)29(28)33(3)30(34)35)24-14-23-6-4-5-7-26(23)31-16-24/h4-17,19H,18H2,1-3H3. The highest BCUT2D eigenvalue weighted by Crippen LogP contribution is 2.29. The lowest BCUT2D eigenvalue weighted by atomic mass is 10.0. The highest BCUT2D eigenvalue weighted by Gasteiger charge is 2.16. The van der Waals surface area contributed by atoms with Gasteiger partial charge in [0, 0.05) is 29.6 Å². The number of benzene rings is 3. The summed E-state index contributed by atoms with van der Waals surface area (Å²) >= 11 is 0. The van der Waals surface area contributed by atoms with Crippen molar-refractivity contribution in [3.05, 3.63) is 107 Å². The third-order valence-electron chi connectivity index (χ3n) is 6.88. The van der Waals surface area contributed by atoms with Gasteiger partial charge in [0.25, 0.3) is 0 Å². The van der Waals surface area contributed by atoms with Gasteiger partial charge in [0.1, 0.15) is 0 Å². The molecule has 5 nitrogen and oxygen atoms in total. The van der Waals surface area contributed by atoms with Crippen LogP contribution in [-0.4, -0.2) is 19.1 Å². The summed E-state index contributed by atoms with van der Waals surface area (Å²) in [6.45, 7) is 4.88. The summed E-state index contributed by atoms with van der Waals surface area (Å²) in [5, 5.41) is 2.06. The van der Waals surface area contributed by atoms with E-state index in [0.29, 0.717) is 12.5 Å². The molecule has 3 aromatic carbocycles. The van der Waals surface area contributed by atoms with E-state index < -0.39 is 0 Å². The van der Waals surface area contributed by atoms with E-state index in [0.717, 1.165) is 49.5 Å². The number of aromatic nitrogens is 4. The molecular weight excluding hydrogens is 432 g/mol. The molecule has 0 saturated carbocycles. The van der Waals surface area contributed by atoms with E-state index in [4.69, 9.17) is 4.98 Å². The van der Waals surface area contributed by atoms with Crippen LogP contribution in [0.2, 0.25) is 0 Å². The summed E-state index contributed by atoms with van der Waals surface area (Å²) in [6, 6.07) is 25.0. The summed E-state index contributed by atoms with van der Waals surface area (Å²) in [5.74, 6) is 0.479. The lowest BCUT2D eigenvalue weighted by Crippen LogP contribution is -2.22. The fourth-order valence-electron chi connectivity index (χ4n) is 4.85. The van der Waals surface area contributed by atoms with Crippen LogP contribution < -0.4 is 5.69 Å². The van der Waals surface area contributed by atoms with Crippen molar-refractivity contribution < 1.29 is 0 Å². The Morgan fingerprint density at radius 2 is 1.60 bits per heavy atom. The number of pyridine rings is 2. The maximum Gasteiger partial charge on any atom is 0.329 e. The van der Waals surface area contributed by atoms with Crippen LogP contribution >= 0.6 is 0 Å². The molecule has 0 aliphatic rings. The Morgan fingerprint density at radius 3 is 2.40 bits per heavy atom. The predicted octanol–water partition coefficient (Wildman–Crippen LogP) is 6.28. The van der Waals surface area contributed by atoms with Gasteiger partial charge < -0.3 is 0 Å². The SMILES string of the molecule is CC(C)c1ccc(Cn2c(=O)n(C)c3c4cc(-c5cnc6ccccc6c5)ccc4ncc32)cc1. The molecule has 0 unspecified atom stereocenters. The molecule has 0 aliphatic carbocycles. The van der Waals surface area contributed by atoms with Crippen LogP contribution in [0.25, 0.3) is 44.0 Å². The van der Waals surface area contributed by atoms with E-state index in [1.54, 1.807) is 4.57 Å². The van der Waals surface area contributed by atoms with Gasteiger partial charge in [-0.1, -0.05) is 62.4 Å². The Hall–Kier alpha value is -4.25. The predicted molar refractivity (Wildman–Crippen MR) is 143 cm³/mol. The van der Waals surface area contributed by atoms with Gasteiger partial charge in [-0.3, -0.25) is 19.1 Å². The van der Waals surface area contributed by atoms with Gasteiger partial charge in [-0.05, 0) is 46.9 Å². The van der Waals surface area contributed by atoms with Crippen molar-refractivity contribution in [3.8, 4) is 11.1 Å². The van der Waals surface area contributed by atoms with Crippen LogP contribution in [0.1, 0.15) is 30.9 Å². The third kappa shape index (κ3) is 3.60. The number of para-hydroxylation sites is 1. The molecule has 0 fully saturated rings. The van der Waals surface area contributed by atoms with Crippen molar-refractivity contribution >= 4 is 32.8 Å². The van der Waals surface area contributed by atoms with E-state index in [1.165, 1.54) is 5.56 Å². The molecule has 0 radical (unpaired) electrons. The van der Waals surface area contributed by atoms with E-state index in [2.05, 4.69) is 67.4 Å². The van der Waals surface area contributed by atoms with Crippen molar-refractivity contribution in [3.63, 3.8) is 0 Å². The van der Waals surface area contributed by atoms with Crippen molar-refractivity contribution in [2.75, 3.05) is 0 Å². The van der Waals surface area contributed by atoms with E-state index in [9.17, 15) is 4.79 Å². The molecule has 0 spiro atoms. The number of hydrogen-bond donors (Lipinski definition) is 0. The van der Waals surface area contributed by atoms with Crippen LogP contribution in [-0.2, 0) is 13.6 Å². The zero-order chi connectivity index (χ0) is 24.1. The molecule has 6 aromatic rings. The minimum atomic E-state index is -0.0417. The van der Waals surface area contributed by atoms with Gasteiger partial charge in [-0.2, -0.15) is 0 Å². The maximum atomic E-state index is 13.3. The Labute approximate surface area is 203 Å². The Balaban J connectivity index is 1.49. The molecular formula is C30H26N4O. The average molecular weight is 459 g/mol. The molecule has 35 heavy (non-hydrogen) atoms. The lowest BCUT2D eigenvalue weighted by Gasteiger charge is -2.09.